The lowest BCUT2D eigenvalue weighted by Gasteiger charge is -2.11. The Hall–Kier alpha value is -4.26. The van der Waals surface area contributed by atoms with Crippen molar-refractivity contribution < 1.29 is 5.11 Å². The molecule has 0 aliphatic rings. The second-order valence-corrected chi connectivity index (χ2v) is 7.80. The lowest BCUT2D eigenvalue weighted by atomic mass is 10.2. The summed E-state index contributed by atoms with van der Waals surface area (Å²) in [4.78, 5) is 43.8. The number of anilines is 1. The van der Waals surface area contributed by atoms with E-state index in [4.69, 9.17) is 12.2 Å². The molecule has 0 aliphatic heterocycles. The highest BCUT2D eigenvalue weighted by Gasteiger charge is 2.17. The van der Waals surface area contributed by atoms with Crippen LogP contribution in [0.25, 0.3) is 16.9 Å². The van der Waals surface area contributed by atoms with Gasteiger partial charge < -0.3 is 9.67 Å². The molecule has 1 aromatic carbocycles. The minimum absolute atomic E-state index is 0.0281. The Morgan fingerprint density at radius 1 is 1.15 bits per heavy atom. The third-order valence-corrected chi connectivity index (χ3v) is 5.50. The number of benzene rings is 1. The van der Waals surface area contributed by atoms with Gasteiger partial charge in [-0.25, -0.2) is 10.2 Å². The maximum atomic E-state index is 12.5. The maximum absolute atomic E-state index is 12.5. The van der Waals surface area contributed by atoms with Crippen LogP contribution in [-0.2, 0) is 21.1 Å². The third kappa shape index (κ3) is 3.57. The van der Waals surface area contributed by atoms with E-state index < -0.39 is 16.8 Å². The fraction of sp³-hybridized carbons (Fsp3) is 0.200. The summed E-state index contributed by atoms with van der Waals surface area (Å²) < 4.78 is 5.02. The van der Waals surface area contributed by atoms with Crippen LogP contribution in [0.1, 0.15) is 11.1 Å². The van der Waals surface area contributed by atoms with Crippen LogP contribution >= 0.6 is 12.2 Å². The second-order valence-electron chi connectivity index (χ2n) is 7.41. The molecule has 0 atom stereocenters. The highest BCUT2D eigenvalue weighted by Crippen LogP contribution is 2.19. The summed E-state index contributed by atoms with van der Waals surface area (Å²) in [6, 6.07) is 7.24. The van der Waals surface area contributed by atoms with Gasteiger partial charge in [-0.1, -0.05) is 12.1 Å². The van der Waals surface area contributed by atoms with Crippen molar-refractivity contribution in [3.8, 4) is 11.6 Å². The number of hydrazone groups is 1. The number of hydrogen-bond donors (Lipinski definition) is 3. The molecule has 3 N–H and O–H groups in total. The van der Waals surface area contributed by atoms with Crippen LogP contribution in [0.15, 0.2) is 43.8 Å². The van der Waals surface area contributed by atoms with Gasteiger partial charge in [-0.2, -0.15) is 10.1 Å². The van der Waals surface area contributed by atoms with E-state index in [2.05, 4.69) is 20.5 Å². The SMILES string of the molecule is Cc1cccc(-n2c(O)c(/C=N\Nc3nc4c(c(=O)n(C)c(=O)n4C)n3C)c(=O)[nH]c2=S)c1. The lowest BCUT2D eigenvalue weighted by molar-refractivity contribution is 0.432. The summed E-state index contributed by atoms with van der Waals surface area (Å²) in [5, 5.41) is 14.7. The van der Waals surface area contributed by atoms with Crippen LogP contribution in [0.5, 0.6) is 5.88 Å². The molecule has 12 nitrogen and oxygen atoms in total. The summed E-state index contributed by atoms with van der Waals surface area (Å²) in [5.74, 6) is -0.233. The highest BCUT2D eigenvalue weighted by atomic mass is 32.1. The van der Waals surface area contributed by atoms with Crippen molar-refractivity contribution in [1.29, 1.82) is 0 Å². The minimum atomic E-state index is -0.631. The predicted octanol–water partition coefficient (Wildman–Crippen LogP) is 0.639. The van der Waals surface area contributed by atoms with E-state index in [-0.39, 0.29) is 33.3 Å². The predicted molar refractivity (Wildman–Crippen MR) is 126 cm³/mol. The van der Waals surface area contributed by atoms with Gasteiger partial charge in [0.25, 0.3) is 11.1 Å². The Labute approximate surface area is 190 Å². The normalized spacial score (nSPS) is 11.5. The molecule has 13 heteroatoms. The number of H-pyrrole nitrogens is 1. The summed E-state index contributed by atoms with van der Waals surface area (Å²) in [7, 11) is 4.47. The molecule has 0 saturated heterocycles. The van der Waals surface area contributed by atoms with Gasteiger partial charge in [-0.3, -0.25) is 28.3 Å². The largest absolute Gasteiger partial charge is 0.494 e. The Morgan fingerprint density at radius 3 is 2.58 bits per heavy atom. The fourth-order valence-corrected chi connectivity index (χ4v) is 3.72. The minimum Gasteiger partial charge on any atom is -0.494 e. The van der Waals surface area contributed by atoms with Crippen LogP contribution < -0.4 is 22.2 Å². The van der Waals surface area contributed by atoms with Crippen molar-refractivity contribution in [2.24, 2.45) is 26.2 Å². The van der Waals surface area contributed by atoms with Crippen molar-refractivity contribution in [2.75, 3.05) is 5.43 Å². The Balaban J connectivity index is 1.77. The van der Waals surface area contributed by atoms with Crippen LogP contribution in [0, 0.1) is 11.7 Å². The molecule has 170 valence electrons. The molecule has 0 bridgehead atoms. The first-order valence-electron chi connectivity index (χ1n) is 9.68. The molecular formula is C20H20N8O4S. The molecule has 0 unspecified atom stereocenters. The molecule has 4 aromatic rings. The number of aromatic amines is 1. The van der Waals surface area contributed by atoms with Gasteiger partial charge in [0.05, 0.1) is 11.9 Å². The summed E-state index contributed by atoms with van der Waals surface area (Å²) in [6.45, 7) is 1.89. The van der Waals surface area contributed by atoms with E-state index in [9.17, 15) is 19.5 Å². The van der Waals surface area contributed by atoms with Crippen LogP contribution in [0.3, 0.4) is 0 Å². The molecule has 0 saturated carbocycles. The second kappa shape index (κ2) is 8.02. The molecular weight excluding hydrogens is 448 g/mol. The number of aromatic hydroxyl groups is 1. The molecule has 4 rings (SSSR count). The zero-order valence-corrected chi connectivity index (χ0v) is 19.0. The number of fused-ring (bicyclic) bond motifs is 1. The molecule has 0 amide bonds. The Bertz CT molecular complexity index is 1690. The van der Waals surface area contributed by atoms with Gasteiger partial charge in [-0.05, 0) is 36.8 Å². The number of nitrogens with one attached hydrogen (secondary N) is 2. The zero-order chi connectivity index (χ0) is 24.0. The van der Waals surface area contributed by atoms with Crippen molar-refractivity contribution in [2.45, 2.75) is 6.92 Å². The van der Waals surface area contributed by atoms with Gasteiger partial charge in [0.15, 0.2) is 15.9 Å². The molecule has 0 fully saturated rings. The van der Waals surface area contributed by atoms with Gasteiger partial charge in [0, 0.05) is 21.1 Å². The van der Waals surface area contributed by atoms with Crippen molar-refractivity contribution >= 4 is 35.5 Å². The van der Waals surface area contributed by atoms with Gasteiger partial charge in [-0.15, -0.1) is 0 Å². The summed E-state index contributed by atoms with van der Waals surface area (Å²) in [5.41, 5.74) is 2.75. The summed E-state index contributed by atoms with van der Waals surface area (Å²) >= 11 is 5.21. The molecule has 33 heavy (non-hydrogen) atoms. The van der Waals surface area contributed by atoms with E-state index in [1.54, 1.807) is 25.2 Å². The average Bonchev–Trinajstić information content (AvgIpc) is 3.09. The van der Waals surface area contributed by atoms with E-state index in [0.717, 1.165) is 16.3 Å². The number of hydrogen-bond acceptors (Lipinski definition) is 8. The number of rotatable bonds is 4. The van der Waals surface area contributed by atoms with Crippen LogP contribution in [0.2, 0.25) is 0 Å². The molecule has 0 radical (unpaired) electrons. The Morgan fingerprint density at radius 2 is 1.88 bits per heavy atom. The number of imidazole rings is 1. The van der Waals surface area contributed by atoms with E-state index in [1.807, 2.05) is 13.0 Å². The average molecular weight is 468 g/mol. The van der Waals surface area contributed by atoms with Crippen molar-refractivity contribution in [3.05, 3.63) is 71.4 Å². The standard InChI is InChI=1S/C20H20N8O4S/c1-10-6-5-7-11(8-10)28-16(30)12(15(29)23-19(28)33)9-21-24-18-22-14-13(25(18)2)17(31)27(4)20(32)26(14)3/h5-9,30H,1-4H3,(H,22,24)(H,23,29,33)/b21-9-. The number of aryl methyl sites for hydroxylation is 3. The topological polar surface area (TPSA) is 144 Å². The number of aromatic nitrogens is 6. The van der Waals surface area contributed by atoms with E-state index >= 15 is 0 Å². The number of nitrogens with zero attached hydrogens (tertiary/aromatic N) is 6. The van der Waals surface area contributed by atoms with Gasteiger partial charge in [0.2, 0.25) is 11.8 Å². The van der Waals surface area contributed by atoms with Crippen LogP contribution in [0.4, 0.5) is 5.95 Å². The highest BCUT2D eigenvalue weighted by molar-refractivity contribution is 7.71. The van der Waals surface area contributed by atoms with Crippen LogP contribution in [-0.4, -0.2) is 39.6 Å². The molecule has 3 aromatic heterocycles. The van der Waals surface area contributed by atoms with Crippen molar-refractivity contribution in [3.63, 3.8) is 0 Å². The smallest absolute Gasteiger partial charge is 0.332 e. The first-order valence-corrected chi connectivity index (χ1v) is 10.1. The van der Waals surface area contributed by atoms with E-state index in [0.29, 0.717) is 5.69 Å². The molecule has 0 aliphatic carbocycles. The van der Waals surface area contributed by atoms with Gasteiger partial charge in [0.1, 0.15) is 5.56 Å². The third-order valence-electron chi connectivity index (χ3n) is 5.21. The molecule has 3 heterocycles. The zero-order valence-electron chi connectivity index (χ0n) is 18.2. The maximum Gasteiger partial charge on any atom is 0.332 e. The lowest BCUT2D eigenvalue weighted by Crippen LogP contribution is -2.37. The van der Waals surface area contributed by atoms with Crippen molar-refractivity contribution in [1.82, 2.24) is 28.2 Å². The van der Waals surface area contributed by atoms with Gasteiger partial charge >= 0.3 is 5.69 Å². The first kappa shape index (κ1) is 22.0. The quantitative estimate of drug-likeness (QED) is 0.226. The summed E-state index contributed by atoms with van der Waals surface area (Å²) in [6.07, 6.45) is 1.12. The Kier molecular flexibility index (Phi) is 5.33. The fourth-order valence-electron chi connectivity index (χ4n) is 3.43. The first-order chi connectivity index (χ1) is 15.6. The molecule has 0 spiro atoms. The monoisotopic (exact) mass is 468 g/mol. The van der Waals surface area contributed by atoms with E-state index in [1.165, 1.54) is 27.8 Å².